The lowest BCUT2D eigenvalue weighted by Crippen LogP contribution is -2.40. The number of aromatic nitrogens is 1. The Bertz CT molecular complexity index is 536. The summed E-state index contributed by atoms with van der Waals surface area (Å²) in [5, 5.41) is 0. The summed E-state index contributed by atoms with van der Waals surface area (Å²) < 4.78 is 7.86. The van der Waals surface area contributed by atoms with Gasteiger partial charge in [0, 0.05) is 38.4 Å². The number of nitrogens with zero attached hydrogens (tertiary/aromatic N) is 3. The Labute approximate surface area is 131 Å². The lowest BCUT2D eigenvalue weighted by Gasteiger charge is -2.26. The zero-order valence-corrected chi connectivity index (χ0v) is 13.8. The van der Waals surface area contributed by atoms with Gasteiger partial charge in [-0.05, 0) is 12.1 Å². The minimum Gasteiger partial charge on any atom is -0.365 e. The number of ether oxygens (including phenoxy) is 1. The molecule has 0 fully saturated rings. The Balaban J connectivity index is 2.10. The molecule has 2 amide bonds. The third kappa shape index (κ3) is 3.88. The Morgan fingerprint density at radius 3 is 2.73 bits per heavy atom. The fourth-order valence-corrected chi connectivity index (χ4v) is 2.51. The van der Waals surface area contributed by atoms with Gasteiger partial charge in [0.2, 0.25) is 11.8 Å². The van der Waals surface area contributed by atoms with Crippen molar-refractivity contribution in [2.75, 3.05) is 27.2 Å². The molecule has 0 saturated heterocycles. The first kappa shape index (κ1) is 16.5. The number of rotatable bonds is 4. The van der Waals surface area contributed by atoms with E-state index in [0.717, 1.165) is 5.69 Å². The molecule has 1 aliphatic heterocycles. The molecule has 0 aliphatic carbocycles. The van der Waals surface area contributed by atoms with E-state index in [9.17, 15) is 9.59 Å². The van der Waals surface area contributed by atoms with Crippen molar-refractivity contribution in [2.24, 2.45) is 5.92 Å². The molecule has 0 spiro atoms. The molecule has 0 aromatic carbocycles. The van der Waals surface area contributed by atoms with Crippen LogP contribution in [0.15, 0.2) is 18.3 Å². The highest BCUT2D eigenvalue weighted by molar-refractivity contribution is 5.78. The maximum Gasteiger partial charge on any atom is 0.248 e. The van der Waals surface area contributed by atoms with Crippen molar-refractivity contribution in [3.05, 3.63) is 24.0 Å². The molecule has 122 valence electrons. The predicted molar refractivity (Wildman–Crippen MR) is 83.1 cm³/mol. The van der Waals surface area contributed by atoms with Crippen LogP contribution >= 0.6 is 0 Å². The monoisotopic (exact) mass is 307 g/mol. The number of hydrogen-bond donors (Lipinski definition) is 0. The van der Waals surface area contributed by atoms with E-state index in [1.54, 1.807) is 14.1 Å². The topological polar surface area (TPSA) is 54.8 Å². The Kier molecular flexibility index (Phi) is 5.24. The quantitative estimate of drug-likeness (QED) is 0.832. The van der Waals surface area contributed by atoms with Crippen LogP contribution < -0.4 is 0 Å². The maximum atomic E-state index is 12.4. The van der Waals surface area contributed by atoms with E-state index in [1.165, 1.54) is 4.90 Å². The zero-order valence-electron chi connectivity index (χ0n) is 13.8. The van der Waals surface area contributed by atoms with Crippen LogP contribution in [0.2, 0.25) is 0 Å². The van der Waals surface area contributed by atoms with E-state index in [1.807, 2.05) is 37.1 Å². The van der Waals surface area contributed by atoms with Crippen molar-refractivity contribution in [3.63, 3.8) is 0 Å². The zero-order chi connectivity index (χ0) is 16.3. The number of amides is 2. The Hall–Kier alpha value is -1.82. The minimum atomic E-state index is -0.180. The van der Waals surface area contributed by atoms with Crippen LogP contribution in [-0.2, 0) is 27.4 Å². The van der Waals surface area contributed by atoms with E-state index in [4.69, 9.17) is 4.74 Å². The molecule has 0 bridgehead atoms. The van der Waals surface area contributed by atoms with Gasteiger partial charge in [0.1, 0.15) is 6.61 Å². The summed E-state index contributed by atoms with van der Waals surface area (Å²) in [5.41, 5.74) is 1.10. The molecule has 1 aromatic heterocycles. The lowest BCUT2D eigenvalue weighted by molar-refractivity contribution is -0.139. The van der Waals surface area contributed by atoms with Crippen LogP contribution in [0.25, 0.3) is 0 Å². The van der Waals surface area contributed by atoms with Gasteiger partial charge < -0.3 is 19.1 Å². The van der Waals surface area contributed by atoms with Gasteiger partial charge in [0.05, 0.1) is 19.2 Å². The van der Waals surface area contributed by atoms with Crippen molar-refractivity contribution >= 4 is 11.8 Å². The number of hydrogen-bond acceptors (Lipinski definition) is 3. The van der Waals surface area contributed by atoms with Gasteiger partial charge in [-0.25, -0.2) is 0 Å². The number of fused-ring (bicyclic) bond motifs is 1. The van der Waals surface area contributed by atoms with Crippen molar-refractivity contribution in [1.82, 2.24) is 14.4 Å². The van der Waals surface area contributed by atoms with Crippen LogP contribution in [0.4, 0.5) is 0 Å². The molecule has 0 radical (unpaired) electrons. The van der Waals surface area contributed by atoms with Gasteiger partial charge in [-0.15, -0.1) is 0 Å². The third-order valence-electron chi connectivity index (χ3n) is 3.85. The highest BCUT2D eigenvalue weighted by Crippen LogP contribution is 2.17. The molecule has 0 unspecified atom stereocenters. The molecule has 1 aliphatic rings. The molecule has 0 N–H and O–H groups in total. The summed E-state index contributed by atoms with van der Waals surface area (Å²) in [6, 6.07) is 3.99. The van der Waals surface area contributed by atoms with Crippen LogP contribution in [0.5, 0.6) is 0 Å². The fraction of sp³-hybridized carbons (Fsp3) is 0.625. The molecular weight excluding hydrogens is 282 g/mol. The van der Waals surface area contributed by atoms with Crippen molar-refractivity contribution < 1.29 is 14.3 Å². The summed E-state index contributed by atoms with van der Waals surface area (Å²) in [5.74, 6) is -0.00790. The summed E-state index contributed by atoms with van der Waals surface area (Å²) in [4.78, 5) is 27.4. The smallest absolute Gasteiger partial charge is 0.248 e. The van der Waals surface area contributed by atoms with Crippen LogP contribution in [0.1, 0.15) is 19.5 Å². The molecule has 6 heteroatoms. The van der Waals surface area contributed by atoms with Crippen molar-refractivity contribution in [2.45, 2.75) is 33.0 Å². The van der Waals surface area contributed by atoms with Gasteiger partial charge in [-0.3, -0.25) is 9.59 Å². The Morgan fingerprint density at radius 1 is 1.36 bits per heavy atom. The van der Waals surface area contributed by atoms with Gasteiger partial charge in [0.15, 0.2) is 0 Å². The third-order valence-corrected chi connectivity index (χ3v) is 3.85. The van der Waals surface area contributed by atoms with E-state index < -0.39 is 0 Å². The van der Waals surface area contributed by atoms with Gasteiger partial charge in [0.25, 0.3) is 0 Å². The first-order valence-corrected chi connectivity index (χ1v) is 7.63. The highest BCUT2D eigenvalue weighted by atomic mass is 16.5. The second-order valence-corrected chi connectivity index (χ2v) is 6.25. The number of carbonyl (C=O) groups excluding carboxylic acids is 2. The highest BCUT2D eigenvalue weighted by Gasteiger charge is 2.27. The summed E-state index contributed by atoms with van der Waals surface area (Å²) in [6.07, 6.45) is 1.81. The van der Waals surface area contributed by atoms with E-state index in [-0.39, 0.29) is 30.4 Å². The number of likely N-dealkylation sites (N-methyl/N-ethyl adjacent to an activating group) is 1. The SMILES string of the molecule is CC(C)C(=O)N1Cc2cccn2C[C@H](OCC(=O)N(C)C)C1. The van der Waals surface area contributed by atoms with Crippen LogP contribution in [-0.4, -0.2) is 59.5 Å². The summed E-state index contributed by atoms with van der Waals surface area (Å²) >= 11 is 0. The molecular formula is C16H25N3O3. The number of carbonyl (C=O) groups is 2. The maximum absolute atomic E-state index is 12.4. The van der Waals surface area contributed by atoms with Crippen LogP contribution in [0.3, 0.4) is 0 Å². The average Bonchev–Trinajstić information content (AvgIpc) is 2.81. The second kappa shape index (κ2) is 6.96. The molecule has 1 aromatic rings. The average molecular weight is 307 g/mol. The van der Waals surface area contributed by atoms with E-state index in [2.05, 4.69) is 4.57 Å². The molecule has 2 rings (SSSR count). The molecule has 2 heterocycles. The molecule has 6 nitrogen and oxygen atoms in total. The minimum absolute atomic E-state index is 0.0397. The predicted octanol–water partition coefficient (Wildman–Crippen LogP) is 0.960. The van der Waals surface area contributed by atoms with Gasteiger partial charge >= 0.3 is 0 Å². The normalized spacial score (nSPS) is 18.0. The first-order chi connectivity index (χ1) is 10.4. The van der Waals surface area contributed by atoms with E-state index in [0.29, 0.717) is 19.6 Å². The Morgan fingerprint density at radius 2 is 2.09 bits per heavy atom. The lowest BCUT2D eigenvalue weighted by atomic mass is 10.1. The standard InChI is InChI=1S/C16H25N3O3/c1-12(2)16(21)19-8-13-6-5-7-18(13)9-14(10-19)22-11-15(20)17(3)4/h5-7,12,14H,8-11H2,1-4H3/t14-/m0/s1. The van der Waals surface area contributed by atoms with Gasteiger partial charge in [-0.2, -0.15) is 0 Å². The van der Waals surface area contributed by atoms with Crippen LogP contribution in [0, 0.1) is 5.92 Å². The van der Waals surface area contributed by atoms with Gasteiger partial charge in [-0.1, -0.05) is 13.8 Å². The van der Waals surface area contributed by atoms with E-state index >= 15 is 0 Å². The molecule has 1 atom stereocenters. The van der Waals surface area contributed by atoms with Crippen molar-refractivity contribution in [3.8, 4) is 0 Å². The largest absolute Gasteiger partial charge is 0.365 e. The first-order valence-electron chi connectivity index (χ1n) is 7.63. The summed E-state index contributed by atoms with van der Waals surface area (Å²) in [7, 11) is 3.41. The molecule has 0 saturated carbocycles. The fourth-order valence-electron chi connectivity index (χ4n) is 2.51. The molecule has 22 heavy (non-hydrogen) atoms. The second-order valence-electron chi connectivity index (χ2n) is 6.25. The summed E-state index contributed by atoms with van der Waals surface area (Å²) in [6.45, 7) is 5.60. The van der Waals surface area contributed by atoms with Crippen molar-refractivity contribution in [1.29, 1.82) is 0 Å².